The molecule has 2 aromatic carbocycles. The number of piperidine rings is 1. The minimum atomic E-state index is -0.590. The van der Waals surface area contributed by atoms with Crippen LogP contribution in [0, 0.1) is 0 Å². The van der Waals surface area contributed by atoms with Crippen LogP contribution in [0.25, 0.3) is 0 Å². The van der Waals surface area contributed by atoms with Crippen LogP contribution in [0.1, 0.15) is 49.0 Å². The molecular formula is C28H35Cl2N3O4. The second kappa shape index (κ2) is 11.5. The Balaban J connectivity index is 1.55. The van der Waals surface area contributed by atoms with Crippen molar-refractivity contribution in [3.63, 3.8) is 0 Å². The minimum Gasteiger partial charge on any atom is -0.444 e. The number of likely N-dealkylation sites (N-methyl/N-ethyl adjacent to an activating group) is 1. The van der Waals surface area contributed by atoms with Gasteiger partial charge in [-0.3, -0.25) is 4.79 Å². The molecule has 4 rings (SSSR count). The molecule has 37 heavy (non-hydrogen) atoms. The van der Waals surface area contributed by atoms with E-state index in [4.69, 9.17) is 32.7 Å². The lowest BCUT2D eigenvalue weighted by Gasteiger charge is -2.43. The highest BCUT2D eigenvalue weighted by atomic mass is 35.5. The summed E-state index contributed by atoms with van der Waals surface area (Å²) in [6, 6.07) is 13.1. The molecule has 2 saturated heterocycles. The molecule has 2 atom stereocenters. The Bertz CT molecular complexity index is 1110. The number of morpholine rings is 1. The number of nitrogens with zero attached hydrogens (tertiary/aromatic N) is 3. The molecule has 2 heterocycles. The maximum absolute atomic E-state index is 13.6. The summed E-state index contributed by atoms with van der Waals surface area (Å²) in [5, 5.41) is 0.909. The fourth-order valence-corrected chi connectivity index (χ4v) is 5.26. The second-order valence-corrected chi connectivity index (χ2v) is 11.4. The highest BCUT2D eigenvalue weighted by Crippen LogP contribution is 2.35. The first-order chi connectivity index (χ1) is 17.5. The van der Waals surface area contributed by atoms with Gasteiger partial charge < -0.3 is 24.2 Å². The zero-order valence-corrected chi connectivity index (χ0v) is 23.4. The fourth-order valence-electron chi connectivity index (χ4n) is 4.96. The smallest absolute Gasteiger partial charge is 0.410 e. The van der Waals surface area contributed by atoms with Crippen molar-refractivity contribution in [3.05, 3.63) is 63.6 Å². The largest absolute Gasteiger partial charge is 0.444 e. The zero-order valence-electron chi connectivity index (χ0n) is 21.9. The molecule has 0 N–H and O–H groups in total. The van der Waals surface area contributed by atoms with Gasteiger partial charge in [0.05, 0.1) is 23.3 Å². The number of hydrogen-bond acceptors (Lipinski definition) is 5. The number of rotatable bonds is 4. The van der Waals surface area contributed by atoms with Crippen molar-refractivity contribution in [1.29, 1.82) is 0 Å². The van der Waals surface area contributed by atoms with E-state index in [1.807, 2.05) is 64.2 Å². The van der Waals surface area contributed by atoms with Gasteiger partial charge >= 0.3 is 6.09 Å². The van der Waals surface area contributed by atoms with Crippen molar-refractivity contribution in [1.82, 2.24) is 9.80 Å². The lowest BCUT2D eigenvalue weighted by molar-refractivity contribution is 0.0124. The number of ether oxygens (including phenoxy) is 2. The van der Waals surface area contributed by atoms with Gasteiger partial charge in [-0.05, 0) is 69.2 Å². The van der Waals surface area contributed by atoms with Gasteiger partial charge in [0.25, 0.3) is 5.91 Å². The Morgan fingerprint density at radius 2 is 1.68 bits per heavy atom. The van der Waals surface area contributed by atoms with Crippen molar-refractivity contribution in [2.45, 2.75) is 44.8 Å². The predicted octanol–water partition coefficient (Wildman–Crippen LogP) is 5.70. The number of carbonyl (C=O) groups excluding carboxylic acids is 2. The number of carbonyl (C=O) groups is 2. The molecule has 0 aromatic heterocycles. The quantitative estimate of drug-likeness (QED) is 0.491. The Morgan fingerprint density at radius 3 is 2.30 bits per heavy atom. The lowest BCUT2D eigenvalue weighted by atomic mass is 9.85. The van der Waals surface area contributed by atoms with Crippen LogP contribution in [0.5, 0.6) is 0 Å². The van der Waals surface area contributed by atoms with Gasteiger partial charge in [-0.25, -0.2) is 4.79 Å². The van der Waals surface area contributed by atoms with Gasteiger partial charge in [0.1, 0.15) is 5.60 Å². The second-order valence-electron chi connectivity index (χ2n) is 10.6. The van der Waals surface area contributed by atoms with Crippen LogP contribution in [0.15, 0.2) is 42.5 Å². The Hall–Kier alpha value is -2.48. The van der Waals surface area contributed by atoms with E-state index in [9.17, 15) is 9.59 Å². The average Bonchev–Trinajstić information content (AvgIpc) is 2.88. The standard InChI is InChI=1S/C28H35Cl2N3O4/c1-28(2,3)37-27(35)33-12-11-25(22(18-33)20-7-10-23(29)24(30)17-20)31(4)26(34)19-5-8-21(9-6-19)32-13-15-36-16-14-32/h5-10,17,22,25H,11-16,18H2,1-4H3/t22-,25+/m0/s1. The average molecular weight is 549 g/mol. The number of anilines is 1. The summed E-state index contributed by atoms with van der Waals surface area (Å²) in [6.07, 6.45) is 0.252. The summed E-state index contributed by atoms with van der Waals surface area (Å²) in [6.45, 7) is 9.56. The summed E-state index contributed by atoms with van der Waals surface area (Å²) in [5.74, 6) is -0.216. The van der Waals surface area contributed by atoms with Gasteiger partial charge in [-0.15, -0.1) is 0 Å². The molecule has 7 nitrogen and oxygen atoms in total. The molecule has 0 unspecified atom stereocenters. The summed E-state index contributed by atoms with van der Waals surface area (Å²) < 4.78 is 11.1. The van der Waals surface area contributed by atoms with Crippen LogP contribution < -0.4 is 4.90 Å². The van der Waals surface area contributed by atoms with E-state index in [0.29, 0.717) is 48.3 Å². The Labute approximate surface area is 229 Å². The molecule has 2 aliphatic rings. The molecule has 0 radical (unpaired) electrons. The molecule has 2 aromatic rings. The number of likely N-dealkylation sites (tertiary alicyclic amines) is 1. The van der Waals surface area contributed by atoms with Gasteiger partial charge in [0, 0.05) is 56.4 Å². The van der Waals surface area contributed by atoms with Crippen molar-refractivity contribution in [2.24, 2.45) is 0 Å². The summed E-state index contributed by atoms with van der Waals surface area (Å²) in [4.78, 5) is 32.2. The number of benzene rings is 2. The van der Waals surface area contributed by atoms with Crippen molar-refractivity contribution in [2.75, 3.05) is 51.3 Å². The Kier molecular flexibility index (Phi) is 8.56. The van der Waals surface area contributed by atoms with Crippen molar-refractivity contribution >= 4 is 40.9 Å². The van der Waals surface area contributed by atoms with Gasteiger partial charge in [-0.2, -0.15) is 0 Å². The fraction of sp³-hybridized carbons (Fsp3) is 0.500. The van der Waals surface area contributed by atoms with E-state index in [2.05, 4.69) is 4.90 Å². The van der Waals surface area contributed by atoms with E-state index in [0.717, 1.165) is 24.3 Å². The molecule has 2 amide bonds. The minimum absolute atomic E-state index is 0.0608. The molecule has 0 saturated carbocycles. The summed E-state index contributed by atoms with van der Waals surface area (Å²) in [5.41, 5.74) is 2.05. The van der Waals surface area contributed by atoms with E-state index in [1.54, 1.807) is 15.9 Å². The molecule has 2 aliphatic heterocycles. The molecule has 0 aliphatic carbocycles. The SMILES string of the molecule is CN(C(=O)c1ccc(N2CCOCC2)cc1)[C@@H]1CCN(C(=O)OC(C)(C)C)C[C@H]1c1ccc(Cl)c(Cl)c1. The highest BCUT2D eigenvalue weighted by Gasteiger charge is 2.38. The third-order valence-corrected chi connectivity index (χ3v) is 7.65. The van der Waals surface area contributed by atoms with Crippen molar-refractivity contribution in [3.8, 4) is 0 Å². The van der Waals surface area contributed by atoms with Crippen LogP contribution in [-0.2, 0) is 9.47 Å². The third kappa shape index (κ3) is 6.70. The normalized spacial score (nSPS) is 20.5. The van der Waals surface area contributed by atoms with Crippen LogP contribution in [0.2, 0.25) is 10.0 Å². The molecule has 0 spiro atoms. The first-order valence-corrected chi connectivity index (χ1v) is 13.4. The molecule has 2 fully saturated rings. The van der Waals surface area contributed by atoms with Gasteiger partial charge in [-0.1, -0.05) is 29.3 Å². The first kappa shape index (κ1) is 27.6. The molecule has 9 heteroatoms. The first-order valence-electron chi connectivity index (χ1n) is 12.7. The summed E-state index contributed by atoms with van der Waals surface area (Å²) in [7, 11) is 1.83. The number of halogens is 2. The molecule has 200 valence electrons. The van der Waals surface area contributed by atoms with E-state index in [1.165, 1.54) is 0 Å². The van der Waals surface area contributed by atoms with Crippen LogP contribution in [0.4, 0.5) is 10.5 Å². The number of hydrogen-bond donors (Lipinski definition) is 0. The topological polar surface area (TPSA) is 62.3 Å². The third-order valence-electron chi connectivity index (χ3n) is 6.91. The van der Waals surface area contributed by atoms with E-state index >= 15 is 0 Å². The Morgan fingerprint density at radius 1 is 1.00 bits per heavy atom. The maximum Gasteiger partial charge on any atom is 0.410 e. The maximum atomic E-state index is 13.6. The summed E-state index contributed by atoms with van der Waals surface area (Å²) >= 11 is 12.5. The van der Waals surface area contributed by atoms with Crippen LogP contribution in [0.3, 0.4) is 0 Å². The molecule has 0 bridgehead atoms. The monoisotopic (exact) mass is 547 g/mol. The lowest BCUT2D eigenvalue weighted by Crippen LogP contribution is -2.52. The van der Waals surface area contributed by atoms with E-state index in [-0.39, 0.29) is 24.0 Å². The predicted molar refractivity (Wildman–Crippen MR) is 147 cm³/mol. The van der Waals surface area contributed by atoms with Gasteiger partial charge in [0.2, 0.25) is 0 Å². The van der Waals surface area contributed by atoms with Crippen LogP contribution in [-0.4, -0.2) is 79.9 Å². The van der Waals surface area contributed by atoms with Crippen molar-refractivity contribution < 1.29 is 19.1 Å². The zero-order chi connectivity index (χ0) is 26.7. The molecular weight excluding hydrogens is 513 g/mol. The highest BCUT2D eigenvalue weighted by molar-refractivity contribution is 6.42. The number of amides is 2. The van der Waals surface area contributed by atoms with Gasteiger partial charge in [0.15, 0.2) is 0 Å². The van der Waals surface area contributed by atoms with E-state index < -0.39 is 5.60 Å². The van der Waals surface area contributed by atoms with Crippen LogP contribution >= 0.6 is 23.2 Å².